The molecule has 1 aromatic carbocycles. The quantitative estimate of drug-likeness (QED) is 0.298. The molecule has 0 N–H and O–H groups in total. The molecule has 0 radical (unpaired) electrons. The van der Waals surface area contributed by atoms with Crippen molar-refractivity contribution in [2.75, 3.05) is 7.11 Å². The molecule has 0 atom stereocenters. The molecule has 0 saturated heterocycles. The van der Waals surface area contributed by atoms with E-state index in [0.29, 0.717) is 6.42 Å². The Morgan fingerprint density at radius 2 is 1.43 bits per heavy atom. The van der Waals surface area contributed by atoms with Crippen LogP contribution in [-0.4, -0.2) is 13.1 Å². The summed E-state index contributed by atoms with van der Waals surface area (Å²) >= 11 is 0. The van der Waals surface area contributed by atoms with Crippen LogP contribution in [0.1, 0.15) is 75.3 Å². The average Bonchev–Trinajstić information content (AvgIpc) is 2.59. The second kappa shape index (κ2) is 12.8. The summed E-state index contributed by atoms with van der Waals surface area (Å²) in [5, 5.41) is 0. The topological polar surface area (TPSA) is 26.3 Å². The van der Waals surface area contributed by atoms with Crippen LogP contribution in [0.3, 0.4) is 0 Å². The van der Waals surface area contributed by atoms with Crippen molar-refractivity contribution in [1.29, 1.82) is 0 Å². The number of terminal acetylenes is 1. The van der Waals surface area contributed by atoms with Gasteiger partial charge in [0.2, 0.25) is 0 Å². The zero-order valence-corrected chi connectivity index (χ0v) is 14.5. The van der Waals surface area contributed by atoms with E-state index in [0.717, 1.165) is 24.8 Å². The molecule has 0 amide bonds. The normalized spacial score (nSPS) is 10.3. The first kappa shape index (κ1) is 19.3. The third-order valence-corrected chi connectivity index (χ3v) is 4.19. The molecule has 0 heterocycles. The summed E-state index contributed by atoms with van der Waals surface area (Å²) < 4.78 is 4.63. The highest BCUT2D eigenvalue weighted by Gasteiger charge is 1.99. The molecule has 0 aliphatic rings. The van der Waals surface area contributed by atoms with Crippen molar-refractivity contribution in [1.82, 2.24) is 0 Å². The first-order valence-electron chi connectivity index (χ1n) is 8.88. The highest BCUT2D eigenvalue weighted by atomic mass is 16.5. The van der Waals surface area contributed by atoms with E-state index in [-0.39, 0.29) is 5.97 Å². The Kier molecular flexibility index (Phi) is 10.7. The lowest BCUT2D eigenvalue weighted by Crippen LogP contribution is -1.99. The fraction of sp³-hybridized carbons (Fsp3) is 0.571. The van der Waals surface area contributed by atoms with Gasteiger partial charge in [0.15, 0.2) is 0 Å². The maximum absolute atomic E-state index is 11.0. The average molecular weight is 314 g/mol. The predicted octanol–water partition coefficient (Wildman–Crippen LogP) is 5.28. The molecule has 0 saturated carbocycles. The van der Waals surface area contributed by atoms with Gasteiger partial charge in [0.1, 0.15) is 0 Å². The van der Waals surface area contributed by atoms with Crippen LogP contribution < -0.4 is 0 Å². The van der Waals surface area contributed by atoms with Gasteiger partial charge in [-0.2, -0.15) is 0 Å². The number of carbonyl (C=O) groups is 1. The van der Waals surface area contributed by atoms with Crippen molar-refractivity contribution < 1.29 is 9.53 Å². The minimum atomic E-state index is -0.0843. The van der Waals surface area contributed by atoms with Gasteiger partial charge in [0.25, 0.3) is 0 Å². The van der Waals surface area contributed by atoms with Crippen LogP contribution in [0.5, 0.6) is 0 Å². The summed E-state index contributed by atoms with van der Waals surface area (Å²) in [4.78, 5) is 11.0. The van der Waals surface area contributed by atoms with Gasteiger partial charge in [-0.3, -0.25) is 4.79 Å². The SMILES string of the molecule is C#Cc1ccc(CCCCCCCCCCCC(=O)OC)cc1. The van der Waals surface area contributed by atoms with Crippen LogP contribution in [-0.2, 0) is 16.0 Å². The second-order valence-corrected chi connectivity index (χ2v) is 6.10. The van der Waals surface area contributed by atoms with Crippen LogP contribution in [0.15, 0.2) is 24.3 Å². The Balaban J connectivity index is 1.88. The zero-order chi connectivity index (χ0) is 16.8. The summed E-state index contributed by atoms with van der Waals surface area (Å²) in [5.41, 5.74) is 2.34. The van der Waals surface area contributed by atoms with Crippen LogP contribution >= 0.6 is 0 Å². The Morgan fingerprint density at radius 3 is 1.96 bits per heavy atom. The van der Waals surface area contributed by atoms with Crippen molar-refractivity contribution in [2.24, 2.45) is 0 Å². The second-order valence-electron chi connectivity index (χ2n) is 6.10. The molecular weight excluding hydrogens is 284 g/mol. The molecule has 1 rings (SSSR count). The number of carbonyl (C=O) groups excluding carboxylic acids is 1. The van der Waals surface area contributed by atoms with Crippen molar-refractivity contribution in [3.8, 4) is 12.3 Å². The van der Waals surface area contributed by atoms with Gasteiger partial charge in [-0.05, 0) is 37.0 Å². The van der Waals surface area contributed by atoms with E-state index in [1.807, 2.05) is 12.1 Å². The van der Waals surface area contributed by atoms with Gasteiger partial charge in [-0.15, -0.1) is 6.42 Å². The van der Waals surface area contributed by atoms with Crippen molar-refractivity contribution in [2.45, 2.75) is 70.6 Å². The van der Waals surface area contributed by atoms with E-state index in [9.17, 15) is 4.79 Å². The molecule has 0 aliphatic heterocycles. The Morgan fingerprint density at radius 1 is 0.913 bits per heavy atom. The van der Waals surface area contributed by atoms with Gasteiger partial charge < -0.3 is 4.74 Å². The molecule has 0 unspecified atom stereocenters. The van der Waals surface area contributed by atoms with Crippen LogP contribution in [0, 0.1) is 12.3 Å². The first-order chi connectivity index (χ1) is 11.3. The van der Waals surface area contributed by atoms with E-state index in [1.165, 1.54) is 57.6 Å². The van der Waals surface area contributed by atoms with Crippen molar-refractivity contribution in [3.63, 3.8) is 0 Å². The maximum atomic E-state index is 11.0. The number of methoxy groups -OCH3 is 1. The molecule has 23 heavy (non-hydrogen) atoms. The third kappa shape index (κ3) is 9.79. The fourth-order valence-electron chi connectivity index (χ4n) is 2.71. The van der Waals surface area contributed by atoms with Crippen LogP contribution in [0.4, 0.5) is 0 Å². The number of esters is 1. The fourth-order valence-corrected chi connectivity index (χ4v) is 2.71. The summed E-state index contributed by atoms with van der Waals surface area (Å²) in [7, 11) is 1.45. The van der Waals surface area contributed by atoms with Gasteiger partial charge in [-0.25, -0.2) is 0 Å². The number of hydrogen-bond donors (Lipinski definition) is 0. The number of ether oxygens (including phenoxy) is 1. The molecule has 0 spiro atoms. The minimum absolute atomic E-state index is 0.0843. The molecule has 2 heteroatoms. The molecule has 0 aliphatic carbocycles. The highest BCUT2D eigenvalue weighted by molar-refractivity contribution is 5.68. The minimum Gasteiger partial charge on any atom is -0.469 e. The van der Waals surface area contributed by atoms with E-state index in [4.69, 9.17) is 6.42 Å². The summed E-state index contributed by atoms with van der Waals surface area (Å²) in [6.07, 6.45) is 18.2. The van der Waals surface area contributed by atoms with Crippen molar-refractivity contribution in [3.05, 3.63) is 35.4 Å². The summed E-state index contributed by atoms with van der Waals surface area (Å²) in [5.74, 6) is 2.56. The number of unbranched alkanes of at least 4 members (excludes halogenated alkanes) is 8. The Bertz CT molecular complexity index is 468. The number of aryl methyl sites for hydroxylation is 1. The third-order valence-electron chi connectivity index (χ3n) is 4.19. The van der Waals surface area contributed by atoms with E-state index >= 15 is 0 Å². The number of hydrogen-bond acceptors (Lipinski definition) is 2. The standard InChI is InChI=1S/C21H30O2/c1-3-19-15-17-20(18-16-19)13-11-9-7-5-4-6-8-10-12-14-21(22)23-2/h1,15-18H,4-14H2,2H3. The van der Waals surface area contributed by atoms with Crippen molar-refractivity contribution >= 4 is 5.97 Å². The van der Waals surface area contributed by atoms with Gasteiger partial charge in [-0.1, -0.05) is 63.0 Å². The number of benzene rings is 1. The summed E-state index contributed by atoms with van der Waals surface area (Å²) in [6.45, 7) is 0. The molecule has 0 bridgehead atoms. The lowest BCUT2D eigenvalue weighted by molar-refractivity contribution is -0.140. The molecule has 2 nitrogen and oxygen atoms in total. The Hall–Kier alpha value is -1.75. The monoisotopic (exact) mass is 314 g/mol. The molecule has 0 aromatic heterocycles. The van der Waals surface area contributed by atoms with Crippen LogP contribution in [0.2, 0.25) is 0 Å². The highest BCUT2D eigenvalue weighted by Crippen LogP contribution is 2.13. The van der Waals surface area contributed by atoms with Crippen LogP contribution in [0.25, 0.3) is 0 Å². The lowest BCUT2D eigenvalue weighted by Gasteiger charge is -2.03. The molecule has 1 aromatic rings. The predicted molar refractivity (Wildman–Crippen MR) is 96.3 cm³/mol. The van der Waals surface area contributed by atoms with Gasteiger partial charge in [0, 0.05) is 12.0 Å². The molecule has 0 fully saturated rings. The van der Waals surface area contributed by atoms with E-state index in [1.54, 1.807) is 0 Å². The molecule has 126 valence electrons. The van der Waals surface area contributed by atoms with E-state index < -0.39 is 0 Å². The van der Waals surface area contributed by atoms with Gasteiger partial charge in [0.05, 0.1) is 7.11 Å². The zero-order valence-electron chi connectivity index (χ0n) is 14.5. The maximum Gasteiger partial charge on any atom is 0.305 e. The molecular formula is C21H30O2. The smallest absolute Gasteiger partial charge is 0.305 e. The van der Waals surface area contributed by atoms with Gasteiger partial charge >= 0.3 is 5.97 Å². The van der Waals surface area contributed by atoms with E-state index in [2.05, 4.69) is 22.8 Å². The number of rotatable bonds is 12. The summed E-state index contributed by atoms with van der Waals surface area (Å²) in [6, 6.07) is 8.33. The lowest BCUT2D eigenvalue weighted by atomic mass is 10.0. The first-order valence-corrected chi connectivity index (χ1v) is 8.88. The Labute approximate surface area is 141 Å². The largest absolute Gasteiger partial charge is 0.469 e.